The van der Waals surface area contributed by atoms with Crippen molar-refractivity contribution in [3.05, 3.63) is 0 Å². The van der Waals surface area contributed by atoms with Gasteiger partial charge in [0.05, 0.1) is 25.4 Å². The summed E-state index contributed by atoms with van der Waals surface area (Å²) in [6.07, 6.45) is 9.97. The van der Waals surface area contributed by atoms with Gasteiger partial charge in [-0.3, -0.25) is 9.59 Å². The zero-order valence-electron chi connectivity index (χ0n) is 16.3. The van der Waals surface area contributed by atoms with Crippen LogP contribution >= 0.6 is 12.0 Å². The SMILES string of the molecule is CCCC(=O)CCOCCNC(=O)CCCOC1CCC(OSC)CC1. The van der Waals surface area contributed by atoms with Crippen LogP contribution in [0.25, 0.3) is 0 Å². The first-order valence-corrected chi connectivity index (χ1v) is 11.0. The summed E-state index contributed by atoms with van der Waals surface area (Å²) in [4.78, 5) is 23.1. The van der Waals surface area contributed by atoms with Gasteiger partial charge < -0.3 is 19.0 Å². The van der Waals surface area contributed by atoms with E-state index in [1.54, 1.807) is 0 Å². The van der Waals surface area contributed by atoms with Gasteiger partial charge in [-0.1, -0.05) is 6.92 Å². The van der Waals surface area contributed by atoms with Crippen LogP contribution in [0.1, 0.15) is 64.7 Å². The fourth-order valence-electron chi connectivity index (χ4n) is 2.96. The standard InChI is InChI=1S/C19H35NO5S/c1-3-5-16(21)11-14-23-15-12-20-19(22)6-4-13-24-17-7-9-18(10-8-17)25-26-2/h17-18H,3-15H2,1-2H3,(H,20,22). The van der Waals surface area contributed by atoms with E-state index in [0.717, 1.165) is 38.5 Å². The second-order valence-corrected chi connectivity index (χ2v) is 7.16. The van der Waals surface area contributed by atoms with Crippen LogP contribution in [-0.4, -0.2) is 56.5 Å². The maximum Gasteiger partial charge on any atom is 0.220 e. The highest BCUT2D eigenvalue weighted by atomic mass is 32.2. The van der Waals surface area contributed by atoms with Crippen molar-refractivity contribution in [1.29, 1.82) is 0 Å². The van der Waals surface area contributed by atoms with Gasteiger partial charge in [-0.2, -0.15) is 0 Å². The van der Waals surface area contributed by atoms with Gasteiger partial charge in [-0.25, -0.2) is 0 Å². The molecule has 0 aromatic heterocycles. The van der Waals surface area contributed by atoms with E-state index >= 15 is 0 Å². The van der Waals surface area contributed by atoms with Crippen molar-refractivity contribution in [2.75, 3.05) is 32.6 Å². The molecule has 0 saturated heterocycles. The fourth-order valence-corrected chi connectivity index (χ4v) is 3.42. The lowest BCUT2D eigenvalue weighted by atomic mass is 9.95. The number of ether oxygens (including phenoxy) is 2. The van der Waals surface area contributed by atoms with Crippen molar-refractivity contribution in [2.45, 2.75) is 76.9 Å². The van der Waals surface area contributed by atoms with Crippen LogP contribution in [-0.2, 0) is 23.2 Å². The van der Waals surface area contributed by atoms with Gasteiger partial charge in [0.2, 0.25) is 5.91 Å². The Morgan fingerprint density at radius 1 is 1.00 bits per heavy atom. The third kappa shape index (κ3) is 11.9. The Morgan fingerprint density at radius 3 is 2.42 bits per heavy atom. The molecule has 0 heterocycles. The van der Waals surface area contributed by atoms with E-state index in [1.807, 2.05) is 13.2 Å². The molecule has 1 amide bonds. The van der Waals surface area contributed by atoms with Gasteiger partial charge in [0.1, 0.15) is 5.78 Å². The van der Waals surface area contributed by atoms with Crippen molar-refractivity contribution in [2.24, 2.45) is 0 Å². The minimum Gasteiger partial charge on any atom is -0.379 e. The lowest BCUT2D eigenvalue weighted by Gasteiger charge is -2.27. The summed E-state index contributed by atoms with van der Waals surface area (Å²) < 4.78 is 16.8. The summed E-state index contributed by atoms with van der Waals surface area (Å²) in [5.41, 5.74) is 0. The molecule has 0 atom stereocenters. The van der Waals surface area contributed by atoms with Gasteiger partial charge in [-0.15, -0.1) is 0 Å². The molecular formula is C19H35NO5S. The monoisotopic (exact) mass is 389 g/mol. The third-order valence-electron chi connectivity index (χ3n) is 4.38. The lowest BCUT2D eigenvalue weighted by molar-refractivity contribution is -0.122. The Labute approximate surface area is 162 Å². The molecule has 0 spiro atoms. The summed E-state index contributed by atoms with van der Waals surface area (Å²) in [6.45, 7) is 3.99. The van der Waals surface area contributed by atoms with Gasteiger partial charge in [0.25, 0.3) is 0 Å². The Balaban J connectivity index is 1.89. The number of nitrogens with one attached hydrogen (secondary N) is 1. The normalized spacial score (nSPS) is 20.1. The molecule has 0 bridgehead atoms. The van der Waals surface area contributed by atoms with Gasteiger partial charge in [0, 0.05) is 38.7 Å². The van der Waals surface area contributed by atoms with Gasteiger partial charge in [0.15, 0.2) is 0 Å². The van der Waals surface area contributed by atoms with Crippen LogP contribution < -0.4 is 5.32 Å². The highest BCUT2D eigenvalue weighted by Gasteiger charge is 2.22. The average Bonchev–Trinajstić information content (AvgIpc) is 2.63. The van der Waals surface area contributed by atoms with Crippen LogP contribution in [0.4, 0.5) is 0 Å². The molecule has 26 heavy (non-hydrogen) atoms. The van der Waals surface area contributed by atoms with E-state index in [-0.39, 0.29) is 11.7 Å². The van der Waals surface area contributed by atoms with Gasteiger partial charge in [-0.05, 0) is 50.6 Å². The summed E-state index contributed by atoms with van der Waals surface area (Å²) in [7, 11) is 0. The molecule has 1 fully saturated rings. The number of amides is 1. The van der Waals surface area contributed by atoms with Crippen molar-refractivity contribution >= 4 is 23.7 Å². The molecule has 1 rings (SSSR count). The molecular weight excluding hydrogens is 354 g/mol. The molecule has 0 aliphatic heterocycles. The Kier molecular flexibility index (Phi) is 13.9. The molecule has 0 aromatic rings. The molecule has 7 heteroatoms. The van der Waals surface area contributed by atoms with E-state index in [2.05, 4.69) is 5.32 Å². The van der Waals surface area contributed by atoms with Crippen LogP contribution in [0.2, 0.25) is 0 Å². The van der Waals surface area contributed by atoms with Crippen molar-refractivity contribution in [1.82, 2.24) is 5.32 Å². The second-order valence-electron chi connectivity index (χ2n) is 6.64. The molecule has 0 unspecified atom stereocenters. The molecule has 1 N–H and O–H groups in total. The van der Waals surface area contributed by atoms with E-state index in [1.165, 1.54) is 12.0 Å². The maximum absolute atomic E-state index is 11.7. The largest absolute Gasteiger partial charge is 0.379 e. The van der Waals surface area contributed by atoms with Crippen LogP contribution in [0.15, 0.2) is 0 Å². The number of Topliss-reactive ketones (excluding diaryl/α,β-unsaturated/α-hetero) is 1. The van der Waals surface area contributed by atoms with E-state index in [9.17, 15) is 9.59 Å². The summed E-state index contributed by atoms with van der Waals surface area (Å²) in [6, 6.07) is 0. The fraction of sp³-hybridized carbons (Fsp3) is 0.895. The first kappa shape index (κ1) is 23.4. The molecule has 1 aliphatic rings. The Hall–Kier alpha value is -0.630. The quantitative estimate of drug-likeness (QED) is 0.342. The molecule has 1 aliphatic carbocycles. The van der Waals surface area contributed by atoms with E-state index in [4.69, 9.17) is 13.7 Å². The number of rotatable bonds is 15. The molecule has 1 saturated carbocycles. The molecule has 6 nitrogen and oxygen atoms in total. The molecule has 0 radical (unpaired) electrons. The predicted octanol–water partition coefficient (Wildman–Crippen LogP) is 3.28. The molecule has 152 valence electrons. The summed E-state index contributed by atoms with van der Waals surface area (Å²) in [5, 5.41) is 2.83. The number of carbonyl (C=O) groups excluding carboxylic acids is 2. The number of hydrogen-bond acceptors (Lipinski definition) is 6. The zero-order valence-corrected chi connectivity index (χ0v) is 17.1. The van der Waals surface area contributed by atoms with Crippen molar-refractivity contribution in [3.8, 4) is 0 Å². The van der Waals surface area contributed by atoms with E-state index < -0.39 is 0 Å². The summed E-state index contributed by atoms with van der Waals surface area (Å²) >= 11 is 1.44. The number of hydrogen-bond donors (Lipinski definition) is 1. The third-order valence-corrected chi connectivity index (χ3v) is 4.84. The maximum atomic E-state index is 11.7. The predicted molar refractivity (Wildman–Crippen MR) is 104 cm³/mol. The zero-order chi connectivity index (χ0) is 19.0. The average molecular weight is 390 g/mol. The highest BCUT2D eigenvalue weighted by Crippen LogP contribution is 2.25. The first-order valence-electron chi connectivity index (χ1n) is 9.82. The Bertz CT molecular complexity index is 386. The van der Waals surface area contributed by atoms with Crippen LogP contribution in [0.5, 0.6) is 0 Å². The lowest BCUT2D eigenvalue weighted by Crippen LogP contribution is -2.28. The minimum absolute atomic E-state index is 0.0244. The highest BCUT2D eigenvalue weighted by molar-refractivity contribution is 7.93. The van der Waals surface area contributed by atoms with Gasteiger partial charge >= 0.3 is 0 Å². The second kappa shape index (κ2) is 15.4. The van der Waals surface area contributed by atoms with Crippen molar-refractivity contribution < 1.29 is 23.2 Å². The van der Waals surface area contributed by atoms with Crippen molar-refractivity contribution in [3.63, 3.8) is 0 Å². The smallest absolute Gasteiger partial charge is 0.220 e. The van der Waals surface area contributed by atoms with Crippen LogP contribution in [0, 0.1) is 0 Å². The van der Waals surface area contributed by atoms with Crippen LogP contribution in [0.3, 0.4) is 0 Å². The summed E-state index contributed by atoms with van der Waals surface area (Å²) in [5.74, 6) is 0.262. The first-order chi connectivity index (χ1) is 12.7. The topological polar surface area (TPSA) is 73.9 Å². The molecule has 0 aromatic carbocycles. The minimum atomic E-state index is 0.0244. The number of ketones is 1. The number of carbonyl (C=O) groups is 2. The Morgan fingerprint density at radius 2 is 1.73 bits per heavy atom. The van der Waals surface area contributed by atoms with E-state index in [0.29, 0.717) is 57.8 Å².